The minimum Gasteiger partial charge on any atom is -0.308 e. The normalized spacial score (nSPS) is 30.9. The van der Waals surface area contributed by atoms with Crippen molar-refractivity contribution >= 4 is 0 Å². The first-order valence-electron chi connectivity index (χ1n) is 7.80. The van der Waals surface area contributed by atoms with Crippen molar-refractivity contribution in [2.75, 3.05) is 52.4 Å². The molecule has 2 heteroatoms. The van der Waals surface area contributed by atoms with Crippen LogP contribution in [0.4, 0.5) is 0 Å². The monoisotopic (exact) mass is 276 g/mol. The first-order chi connectivity index (χ1) is 9.66. The molecule has 0 N–H and O–H groups in total. The molecule has 0 aromatic rings. The number of hydrogen-bond donors (Lipinski definition) is 0. The lowest BCUT2D eigenvalue weighted by atomic mass is 10.1. The van der Waals surface area contributed by atoms with Crippen LogP contribution in [0.5, 0.6) is 0 Å². The van der Waals surface area contributed by atoms with E-state index in [1.165, 1.54) is 35.1 Å². The van der Waals surface area contributed by atoms with Gasteiger partial charge in [-0.15, -0.1) is 0 Å². The molecule has 1 heterocycles. The van der Waals surface area contributed by atoms with E-state index >= 15 is 0 Å². The fourth-order valence-electron chi connectivity index (χ4n) is 3.16. The number of nitrogens with zero attached hydrogens (tertiary/aromatic N) is 2. The minimum atomic E-state index is 1.09. The highest BCUT2D eigenvalue weighted by atomic mass is 15.5. The van der Waals surface area contributed by atoms with Crippen LogP contribution in [-0.2, 0) is 0 Å². The molecule has 2 nitrogen and oxygen atoms in total. The summed E-state index contributed by atoms with van der Waals surface area (Å²) in [6.45, 7) is 21.5. The van der Waals surface area contributed by atoms with Gasteiger partial charge in [0.2, 0.25) is 0 Å². The van der Waals surface area contributed by atoms with E-state index in [0.717, 1.165) is 26.2 Å². The summed E-state index contributed by atoms with van der Waals surface area (Å²) in [4.78, 5) is 0. The molecule has 0 spiro atoms. The van der Waals surface area contributed by atoms with E-state index in [0.29, 0.717) is 0 Å². The van der Waals surface area contributed by atoms with Crippen molar-refractivity contribution in [1.82, 2.24) is 0 Å². The third kappa shape index (κ3) is 4.46. The quantitative estimate of drug-likeness (QED) is 0.472. The second kappa shape index (κ2) is 8.23. The standard InChI is InChI=1S/C18H32N2/c1-5-9-13-19(11-7-3)15-17-20(12-8-4,18-16-19)14-10-6-2/h5-10H,3-4,11-18H2,1-2H3/q+2/b9-5+,10-6+. The van der Waals surface area contributed by atoms with Gasteiger partial charge < -0.3 is 8.97 Å². The Kier molecular flexibility index (Phi) is 6.97. The predicted octanol–water partition coefficient (Wildman–Crippen LogP) is 3.16. The number of hydrogen-bond acceptors (Lipinski definition) is 0. The van der Waals surface area contributed by atoms with Gasteiger partial charge in [-0.3, -0.25) is 0 Å². The van der Waals surface area contributed by atoms with Crippen LogP contribution in [0.25, 0.3) is 0 Å². The van der Waals surface area contributed by atoms with Gasteiger partial charge in [0.25, 0.3) is 0 Å². The summed E-state index contributed by atoms with van der Waals surface area (Å²) in [5.74, 6) is 0. The van der Waals surface area contributed by atoms with Crippen LogP contribution >= 0.6 is 0 Å². The lowest BCUT2D eigenvalue weighted by Crippen LogP contribution is -2.67. The Morgan fingerprint density at radius 2 is 1.05 bits per heavy atom. The predicted molar refractivity (Wildman–Crippen MR) is 89.5 cm³/mol. The second-order valence-electron chi connectivity index (χ2n) is 6.02. The molecular formula is C18H32N2+2. The molecule has 1 rings (SSSR count). The maximum Gasteiger partial charge on any atom is 0.129 e. The summed E-state index contributed by atoms with van der Waals surface area (Å²) in [5, 5.41) is 0. The third-order valence-corrected chi connectivity index (χ3v) is 4.59. The Morgan fingerprint density at radius 3 is 1.30 bits per heavy atom. The number of piperazine rings is 1. The van der Waals surface area contributed by atoms with Crippen molar-refractivity contribution in [3.63, 3.8) is 0 Å². The highest BCUT2D eigenvalue weighted by molar-refractivity contribution is 4.82. The molecule has 0 aliphatic carbocycles. The van der Waals surface area contributed by atoms with E-state index in [9.17, 15) is 0 Å². The van der Waals surface area contributed by atoms with E-state index < -0.39 is 0 Å². The van der Waals surface area contributed by atoms with Crippen molar-refractivity contribution < 1.29 is 8.97 Å². The maximum atomic E-state index is 3.96. The Morgan fingerprint density at radius 1 is 0.700 bits per heavy atom. The van der Waals surface area contributed by atoms with Gasteiger partial charge in [-0.1, -0.05) is 25.3 Å². The molecule has 0 saturated carbocycles. The van der Waals surface area contributed by atoms with E-state index in [4.69, 9.17) is 0 Å². The molecule has 0 radical (unpaired) electrons. The van der Waals surface area contributed by atoms with Gasteiger partial charge in [-0.05, 0) is 38.2 Å². The van der Waals surface area contributed by atoms with Gasteiger partial charge in [0.05, 0.1) is 26.2 Å². The van der Waals surface area contributed by atoms with Crippen LogP contribution < -0.4 is 0 Å². The smallest absolute Gasteiger partial charge is 0.129 e. The van der Waals surface area contributed by atoms with Gasteiger partial charge in [-0.25, -0.2) is 0 Å². The van der Waals surface area contributed by atoms with Crippen LogP contribution in [0, 0.1) is 0 Å². The molecule has 0 aromatic carbocycles. The highest BCUT2D eigenvalue weighted by Gasteiger charge is 2.39. The zero-order valence-corrected chi connectivity index (χ0v) is 13.4. The summed E-state index contributed by atoms with van der Waals surface area (Å²) in [6.07, 6.45) is 13.1. The number of allylic oxidation sites excluding steroid dienone is 2. The third-order valence-electron chi connectivity index (χ3n) is 4.59. The topological polar surface area (TPSA) is 0 Å². The molecule has 1 aliphatic rings. The van der Waals surface area contributed by atoms with Gasteiger partial charge in [0.15, 0.2) is 0 Å². The molecule has 0 unspecified atom stereocenters. The van der Waals surface area contributed by atoms with Gasteiger partial charge in [0.1, 0.15) is 26.2 Å². The van der Waals surface area contributed by atoms with Crippen LogP contribution in [0.1, 0.15) is 13.8 Å². The zero-order chi connectivity index (χ0) is 14.9. The van der Waals surface area contributed by atoms with Gasteiger partial charge in [0, 0.05) is 0 Å². The summed E-state index contributed by atoms with van der Waals surface area (Å²) < 4.78 is 2.33. The van der Waals surface area contributed by atoms with Crippen LogP contribution in [0.3, 0.4) is 0 Å². The van der Waals surface area contributed by atoms with Crippen LogP contribution in [-0.4, -0.2) is 61.3 Å². The van der Waals surface area contributed by atoms with Crippen LogP contribution in [0.15, 0.2) is 49.6 Å². The SMILES string of the molecule is C=CC[N+]1(C/C=C/C)CC[N+](CC=C)(C/C=C/C)CC1. The zero-order valence-electron chi connectivity index (χ0n) is 13.4. The van der Waals surface area contributed by atoms with Crippen molar-refractivity contribution in [3.05, 3.63) is 49.6 Å². The van der Waals surface area contributed by atoms with Gasteiger partial charge >= 0.3 is 0 Å². The fourth-order valence-corrected chi connectivity index (χ4v) is 3.16. The first kappa shape index (κ1) is 16.9. The minimum absolute atomic E-state index is 1.09. The molecule has 1 saturated heterocycles. The molecule has 1 aliphatic heterocycles. The lowest BCUT2D eigenvalue weighted by Gasteiger charge is -2.48. The molecule has 0 amide bonds. The van der Waals surface area contributed by atoms with Crippen LogP contribution in [0.2, 0.25) is 0 Å². The second-order valence-corrected chi connectivity index (χ2v) is 6.02. The fraction of sp³-hybridized carbons (Fsp3) is 0.556. The summed E-state index contributed by atoms with van der Waals surface area (Å²) in [5.41, 5.74) is 0. The average Bonchev–Trinajstić information content (AvgIpc) is 2.47. The largest absolute Gasteiger partial charge is 0.308 e. The molecule has 0 atom stereocenters. The Labute approximate surface area is 125 Å². The molecule has 20 heavy (non-hydrogen) atoms. The Hall–Kier alpha value is -1.12. The molecule has 0 aromatic heterocycles. The first-order valence-corrected chi connectivity index (χ1v) is 7.80. The Balaban J connectivity index is 2.77. The van der Waals surface area contributed by atoms with E-state index in [1.807, 2.05) is 0 Å². The summed E-state index contributed by atoms with van der Waals surface area (Å²) >= 11 is 0. The molecule has 1 fully saturated rings. The number of quaternary nitrogens is 2. The average molecular weight is 276 g/mol. The summed E-state index contributed by atoms with van der Waals surface area (Å²) in [7, 11) is 0. The van der Waals surface area contributed by atoms with Gasteiger partial charge in [-0.2, -0.15) is 0 Å². The Bertz CT molecular complexity index is 322. The lowest BCUT2D eigenvalue weighted by molar-refractivity contribution is -1.02. The van der Waals surface area contributed by atoms with E-state index in [1.54, 1.807) is 0 Å². The van der Waals surface area contributed by atoms with E-state index in [2.05, 4.69) is 63.5 Å². The molecule has 112 valence electrons. The van der Waals surface area contributed by atoms with Crippen molar-refractivity contribution in [3.8, 4) is 0 Å². The molecular weight excluding hydrogens is 244 g/mol. The van der Waals surface area contributed by atoms with Crippen molar-refractivity contribution in [2.24, 2.45) is 0 Å². The maximum absolute atomic E-state index is 3.96. The summed E-state index contributed by atoms with van der Waals surface area (Å²) in [6, 6.07) is 0. The highest BCUT2D eigenvalue weighted by Crippen LogP contribution is 2.20. The van der Waals surface area contributed by atoms with Crippen molar-refractivity contribution in [2.45, 2.75) is 13.8 Å². The molecule has 0 bridgehead atoms. The van der Waals surface area contributed by atoms with Crippen molar-refractivity contribution in [1.29, 1.82) is 0 Å². The number of rotatable bonds is 8. The van der Waals surface area contributed by atoms with E-state index in [-0.39, 0.29) is 0 Å².